The first kappa shape index (κ1) is 11.6. The van der Waals surface area contributed by atoms with Gasteiger partial charge in [-0.05, 0) is 19.3 Å². The molecule has 0 bridgehead atoms. The van der Waals surface area contributed by atoms with Crippen LogP contribution in [0.25, 0.3) is 0 Å². The molecule has 6 heteroatoms. The van der Waals surface area contributed by atoms with Crippen LogP contribution in [0.15, 0.2) is 0 Å². The number of carbonyl (C=O) groups is 1. The second-order valence-electron chi connectivity index (χ2n) is 3.23. The maximum absolute atomic E-state index is 11.5. The van der Waals surface area contributed by atoms with Gasteiger partial charge in [-0.2, -0.15) is 0 Å². The van der Waals surface area contributed by atoms with E-state index in [0.29, 0.717) is 0 Å². The second-order valence-corrected chi connectivity index (χ2v) is 12.4. The largest absolute Gasteiger partial charge is 0.350 e. The van der Waals surface area contributed by atoms with Crippen LogP contribution < -0.4 is 0 Å². The van der Waals surface area contributed by atoms with E-state index in [1.165, 1.54) is 6.42 Å². The van der Waals surface area contributed by atoms with Crippen molar-refractivity contribution in [2.75, 3.05) is 13.1 Å². The Morgan fingerprint density at radius 2 is 1.69 bits per heavy atom. The van der Waals surface area contributed by atoms with Gasteiger partial charge in [-0.1, -0.05) is 0 Å². The van der Waals surface area contributed by atoms with Crippen LogP contribution in [0.3, 0.4) is 0 Å². The number of rotatable bonds is 2. The Bertz CT molecular complexity index is 189. The highest BCUT2D eigenvalue weighted by atomic mass is 35.8. The van der Waals surface area contributed by atoms with Gasteiger partial charge in [-0.15, -0.1) is 33.2 Å². The molecule has 1 fully saturated rings. The standard InChI is InChI=1S/C7H12Cl3NOSi/c8-13(9,10)6-7(12)11-4-2-1-3-5-11/h1-6H2. The van der Waals surface area contributed by atoms with Crippen molar-refractivity contribution in [3.8, 4) is 0 Å². The van der Waals surface area contributed by atoms with Crippen LogP contribution in [0.2, 0.25) is 6.04 Å². The maximum Gasteiger partial charge on any atom is 0.350 e. The molecule has 2 nitrogen and oxygen atoms in total. The molecule has 13 heavy (non-hydrogen) atoms. The summed E-state index contributed by atoms with van der Waals surface area (Å²) in [5.74, 6) is 0.00590. The number of nitrogens with zero attached hydrogens (tertiary/aromatic N) is 1. The molecule has 1 aliphatic heterocycles. The molecule has 76 valence electrons. The minimum absolute atomic E-state index is 0.00590. The summed E-state index contributed by atoms with van der Waals surface area (Å²) in [5.41, 5.74) is 0. The van der Waals surface area contributed by atoms with Crippen molar-refractivity contribution in [2.24, 2.45) is 0 Å². The summed E-state index contributed by atoms with van der Waals surface area (Å²) in [6.07, 6.45) is 3.36. The summed E-state index contributed by atoms with van der Waals surface area (Å²) in [6.45, 7) is 1.65. The summed E-state index contributed by atoms with van der Waals surface area (Å²) < 4.78 is 0. The van der Waals surface area contributed by atoms with Crippen LogP contribution in [-0.4, -0.2) is 29.9 Å². The molecule has 0 spiro atoms. The summed E-state index contributed by atoms with van der Waals surface area (Å²) in [6, 6.07) is -2.66. The SMILES string of the molecule is O=C(C[Si](Cl)(Cl)Cl)N1CCCCC1. The Morgan fingerprint density at radius 1 is 1.15 bits per heavy atom. The molecular formula is C7H12Cl3NOSi. The highest BCUT2D eigenvalue weighted by molar-refractivity contribution is 7.65. The second kappa shape index (κ2) is 4.87. The Morgan fingerprint density at radius 3 is 2.15 bits per heavy atom. The molecule has 0 aliphatic carbocycles. The van der Waals surface area contributed by atoms with Gasteiger partial charge < -0.3 is 4.90 Å². The minimum atomic E-state index is -2.78. The zero-order valence-corrected chi connectivity index (χ0v) is 10.5. The predicted octanol–water partition coefficient (Wildman–Crippen LogP) is 2.65. The Balaban J connectivity index is 2.38. The molecule has 0 N–H and O–H groups in total. The van der Waals surface area contributed by atoms with E-state index in [0.717, 1.165) is 25.9 Å². The number of amides is 1. The van der Waals surface area contributed by atoms with Crippen LogP contribution in [0.4, 0.5) is 0 Å². The molecule has 0 aromatic heterocycles. The van der Waals surface area contributed by atoms with E-state index >= 15 is 0 Å². The van der Waals surface area contributed by atoms with Crippen LogP contribution in [0.1, 0.15) is 19.3 Å². The highest BCUT2D eigenvalue weighted by Gasteiger charge is 2.31. The van der Waals surface area contributed by atoms with Gasteiger partial charge in [0.1, 0.15) is 0 Å². The first-order valence-corrected chi connectivity index (χ1v) is 9.58. The molecule has 0 saturated carbocycles. The van der Waals surface area contributed by atoms with E-state index in [1.54, 1.807) is 4.90 Å². The number of halogens is 3. The highest BCUT2D eigenvalue weighted by Crippen LogP contribution is 2.26. The van der Waals surface area contributed by atoms with Gasteiger partial charge >= 0.3 is 6.00 Å². The Hall–Kier alpha value is 0.557. The number of likely N-dealkylation sites (tertiary alicyclic amines) is 1. The van der Waals surface area contributed by atoms with E-state index in [-0.39, 0.29) is 12.0 Å². The lowest BCUT2D eigenvalue weighted by molar-refractivity contribution is -0.129. The van der Waals surface area contributed by atoms with Gasteiger partial charge in [0.25, 0.3) is 0 Å². The number of carbonyl (C=O) groups excluding carboxylic acids is 1. The third-order valence-electron chi connectivity index (χ3n) is 2.06. The topological polar surface area (TPSA) is 20.3 Å². The van der Waals surface area contributed by atoms with Crippen molar-refractivity contribution in [1.29, 1.82) is 0 Å². The first-order chi connectivity index (χ1) is 5.99. The monoisotopic (exact) mass is 259 g/mol. The minimum Gasteiger partial charge on any atom is -0.343 e. The van der Waals surface area contributed by atoms with Gasteiger partial charge in [0.15, 0.2) is 0 Å². The summed E-state index contributed by atoms with van der Waals surface area (Å²) in [7, 11) is 0. The van der Waals surface area contributed by atoms with Crippen molar-refractivity contribution in [3.05, 3.63) is 0 Å². The Labute approximate surface area is 93.3 Å². The van der Waals surface area contributed by atoms with E-state index in [2.05, 4.69) is 0 Å². The Kier molecular flexibility index (Phi) is 4.36. The fraction of sp³-hybridized carbons (Fsp3) is 0.857. The molecule has 0 radical (unpaired) electrons. The zero-order chi connectivity index (χ0) is 9.90. The molecule has 0 aromatic carbocycles. The quantitative estimate of drug-likeness (QED) is 0.552. The van der Waals surface area contributed by atoms with Crippen LogP contribution in [0.5, 0.6) is 0 Å². The van der Waals surface area contributed by atoms with Crippen molar-refractivity contribution in [1.82, 2.24) is 4.90 Å². The molecule has 1 aliphatic rings. The lowest BCUT2D eigenvalue weighted by atomic mass is 10.1. The van der Waals surface area contributed by atoms with Gasteiger partial charge in [-0.3, -0.25) is 4.79 Å². The molecule has 1 heterocycles. The maximum atomic E-state index is 11.5. The van der Waals surface area contributed by atoms with E-state index in [4.69, 9.17) is 33.2 Å². The van der Waals surface area contributed by atoms with Crippen LogP contribution in [-0.2, 0) is 4.79 Å². The molecule has 1 rings (SSSR count). The number of hydrogen-bond acceptors (Lipinski definition) is 1. The summed E-state index contributed by atoms with van der Waals surface area (Å²) >= 11 is 17.0. The smallest absolute Gasteiger partial charge is 0.343 e. The van der Waals surface area contributed by atoms with Gasteiger partial charge in [0.05, 0.1) is 6.04 Å². The van der Waals surface area contributed by atoms with Crippen molar-refractivity contribution < 1.29 is 4.79 Å². The van der Waals surface area contributed by atoms with Crippen molar-refractivity contribution in [2.45, 2.75) is 25.3 Å². The normalized spacial score (nSPS) is 18.8. The molecular weight excluding hydrogens is 249 g/mol. The van der Waals surface area contributed by atoms with Gasteiger partial charge in [0.2, 0.25) is 5.91 Å². The van der Waals surface area contributed by atoms with Gasteiger partial charge in [0, 0.05) is 13.1 Å². The summed E-state index contributed by atoms with van der Waals surface area (Å²) in [4.78, 5) is 13.3. The number of hydrogen-bond donors (Lipinski definition) is 0. The molecule has 1 amide bonds. The van der Waals surface area contributed by atoms with E-state index in [1.807, 2.05) is 0 Å². The van der Waals surface area contributed by atoms with E-state index in [9.17, 15) is 4.79 Å². The first-order valence-electron chi connectivity index (χ1n) is 4.33. The van der Waals surface area contributed by atoms with E-state index < -0.39 is 6.00 Å². The fourth-order valence-electron chi connectivity index (χ4n) is 1.43. The van der Waals surface area contributed by atoms with Gasteiger partial charge in [-0.25, -0.2) is 0 Å². The average molecular weight is 261 g/mol. The molecule has 0 atom stereocenters. The molecule has 0 aromatic rings. The van der Waals surface area contributed by atoms with Crippen LogP contribution in [0, 0.1) is 0 Å². The zero-order valence-electron chi connectivity index (χ0n) is 7.23. The lowest BCUT2D eigenvalue weighted by Gasteiger charge is -2.27. The number of piperidine rings is 1. The lowest BCUT2D eigenvalue weighted by Crippen LogP contribution is -2.37. The third kappa shape index (κ3) is 4.54. The molecule has 0 unspecified atom stereocenters. The van der Waals surface area contributed by atoms with Crippen molar-refractivity contribution in [3.63, 3.8) is 0 Å². The average Bonchev–Trinajstić information content (AvgIpc) is 2.03. The summed E-state index contributed by atoms with van der Waals surface area (Å²) in [5, 5.41) is 0. The fourth-order valence-corrected chi connectivity index (χ4v) is 3.02. The van der Waals surface area contributed by atoms with Crippen LogP contribution >= 0.6 is 33.2 Å². The predicted molar refractivity (Wildman–Crippen MR) is 58.6 cm³/mol. The molecule has 1 saturated heterocycles. The van der Waals surface area contributed by atoms with Crippen molar-refractivity contribution >= 4 is 45.1 Å². The third-order valence-corrected chi connectivity index (χ3v) is 3.97.